The van der Waals surface area contributed by atoms with Gasteiger partial charge in [-0.25, -0.2) is 15.0 Å². The molecule has 10 N–H and O–H groups in total. The number of nitrogens with zero attached hydrogens (tertiary/aromatic N) is 4. The zero-order valence-electron chi connectivity index (χ0n) is 22.1. The molecule has 0 aliphatic carbocycles. The Morgan fingerprint density at radius 3 is 2.63 bits per heavy atom. The van der Waals surface area contributed by atoms with E-state index < -0.39 is 31.1 Å². The number of guanidine groups is 1. The van der Waals surface area contributed by atoms with Crippen LogP contribution in [0.25, 0.3) is 22.3 Å². The maximum absolute atomic E-state index is 10.7. The van der Waals surface area contributed by atoms with Crippen molar-refractivity contribution in [1.29, 1.82) is 5.41 Å². The smallest absolute Gasteiger partial charge is 0.207 e. The van der Waals surface area contributed by atoms with Crippen LogP contribution in [0.4, 0.5) is 11.8 Å². The fraction of sp³-hybridized carbons (Fsp3) is 0.333. The van der Waals surface area contributed by atoms with E-state index in [0.29, 0.717) is 43.2 Å². The number of hydrogen-bond acceptors (Lipinski definition) is 11. The third-order valence-corrected chi connectivity index (χ3v) is 6.75. The first-order valence-corrected chi connectivity index (χ1v) is 13.1. The van der Waals surface area contributed by atoms with Crippen molar-refractivity contribution in [2.75, 3.05) is 30.8 Å². The molecular formula is C27H33N9O5. The van der Waals surface area contributed by atoms with Crippen molar-refractivity contribution in [3.63, 3.8) is 0 Å². The van der Waals surface area contributed by atoms with E-state index in [4.69, 9.17) is 26.4 Å². The van der Waals surface area contributed by atoms with E-state index in [-0.39, 0.29) is 11.8 Å². The Labute approximate surface area is 235 Å². The van der Waals surface area contributed by atoms with Crippen LogP contribution in [0.1, 0.15) is 18.2 Å². The molecule has 1 saturated heterocycles. The predicted octanol–water partition coefficient (Wildman–Crippen LogP) is 0.551. The number of aliphatic hydroxyl groups excluding tert-OH is 3. The van der Waals surface area contributed by atoms with Crippen molar-refractivity contribution in [2.24, 2.45) is 5.73 Å². The van der Waals surface area contributed by atoms with E-state index in [0.717, 1.165) is 22.4 Å². The molecule has 1 fully saturated rings. The number of aromatic nitrogens is 4. The molecule has 2 unspecified atom stereocenters. The standard InChI is InChI=1S/C27H33N9O5/c28-23-20-24(34-14-33-23)36(25-22(39)21(38)19(13-37)41-25)27(35-20)32-12-15-5-7-16(8-6-15)17-3-1-4-18(11-17)40-10-2-9-31-26(29)30/h1,3-8,11,14,19,21-22,25,37-39H,2,9-10,12-13H2,(H,32,35)(H2,28,33,34)(H4,29,30,31)/t19-,21?,22?,25-/m1/s1. The van der Waals surface area contributed by atoms with Gasteiger partial charge >= 0.3 is 0 Å². The Kier molecular flexibility index (Phi) is 8.45. The topological polar surface area (TPSA) is 223 Å². The molecule has 4 aromatic rings. The normalized spacial score (nSPS) is 20.3. The molecule has 4 atom stereocenters. The quantitative estimate of drug-likeness (QED) is 0.0712. The van der Waals surface area contributed by atoms with Gasteiger partial charge in [0.25, 0.3) is 0 Å². The molecule has 1 aliphatic rings. The van der Waals surface area contributed by atoms with Gasteiger partial charge in [0.05, 0.1) is 13.2 Å². The SMILES string of the molecule is N=C(N)NCCCOc1cccc(-c2ccc(CNc3nc4c(N)ncnc4n3[C@@H]3O[C@H](CO)C(O)C3O)cc2)c1. The van der Waals surface area contributed by atoms with E-state index in [2.05, 4.69) is 25.6 Å². The number of rotatable bonds is 11. The van der Waals surface area contributed by atoms with Crippen molar-refractivity contribution < 1.29 is 24.8 Å². The molecule has 2 aromatic carbocycles. The zero-order chi connectivity index (χ0) is 28.9. The van der Waals surface area contributed by atoms with Crippen LogP contribution in [-0.4, -0.2) is 78.9 Å². The summed E-state index contributed by atoms with van der Waals surface area (Å²) in [5, 5.41) is 43.7. The van der Waals surface area contributed by atoms with Crippen LogP contribution < -0.4 is 26.8 Å². The van der Waals surface area contributed by atoms with Gasteiger partial charge in [-0.2, -0.15) is 0 Å². The molecule has 5 rings (SSSR count). The molecule has 1 aliphatic heterocycles. The van der Waals surface area contributed by atoms with Gasteiger partial charge in [-0.3, -0.25) is 9.98 Å². The number of nitrogens with two attached hydrogens (primary N) is 2. The number of hydrogen-bond donors (Lipinski definition) is 8. The number of anilines is 2. The molecule has 0 spiro atoms. The molecule has 2 aromatic heterocycles. The minimum absolute atomic E-state index is 0.0547. The first-order chi connectivity index (χ1) is 19.9. The Bertz CT molecular complexity index is 1500. The van der Waals surface area contributed by atoms with Crippen LogP contribution in [0, 0.1) is 5.41 Å². The highest BCUT2D eigenvalue weighted by Gasteiger charge is 2.45. The fourth-order valence-corrected chi connectivity index (χ4v) is 4.63. The molecule has 41 heavy (non-hydrogen) atoms. The van der Waals surface area contributed by atoms with Crippen molar-refractivity contribution in [3.8, 4) is 16.9 Å². The van der Waals surface area contributed by atoms with Gasteiger partial charge in [-0.1, -0.05) is 36.4 Å². The maximum Gasteiger partial charge on any atom is 0.207 e. The van der Waals surface area contributed by atoms with Crippen LogP contribution in [-0.2, 0) is 11.3 Å². The van der Waals surface area contributed by atoms with E-state index in [1.54, 1.807) is 0 Å². The van der Waals surface area contributed by atoms with Crippen LogP contribution in [0.3, 0.4) is 0 Å². The van der Waals surface area contributed by atoms with Gasteiger partial charge in [0, 0.05) is 13.1 Å². The minimum Gasteiger partial charge on any atom is -0.494 e. The minimum atomic E-state index is -1.32. The van der Waals surface area contributed by atoms with Crippen molar-refractivity contribution in [3.05, 3.63) is 60.4 Å². The highest BCUT2D eigenvalue weighted by atomic mass is 16.6. The van der Waals surface area contributed by atoms with Crippen LogP contribution >= 0.6 is 0 Å². The molecule has 0 amide bonds. The van der Waals surface area contributed by atoms with E-state index in [1.807, 2.05) is 48.5 Å². The largest absolute Gasteiger partial charge is 0.494 e. The van der Waals surface area contributed by atoms with Crippen molar-refractivity contribution >= 4 is 28.9 Å². The van der Waals surface area contributed by atoms with Gasteiger partial charge in [0.15, 0.2) is 29.2 Å². The summed E-state index contributed by atoms with van der Waals surface area (Å²) >= 11 is 0. The number of benzene rings is 2. The fourth-order valence-electron chi connectivity index (χ4n) is 4.63. The Balaban J connectivity index is 1.28. The van der Waals surface area contributed by atoms with Gasteiger partial charge in [0.1, 0.15) is 30.4 Å². The summed E-state index contributed by atoms with van der Waals surface area (Å²) in [5.74, 6) is 1.17. The first-order valence-electron chi connectivity index (χ1n) is 13.1. The van der Waals surface area contributed by atoms with Crippen LogP contribution in [0.5, 0.6) is 5.75 Å². The number of fused-ring (bicyclic) bond motifs is 1. The summed E-state index contributed by atoms with van der Waals surface area (Å²) in [4.78, 5) is 12.8. The molecule has 3 heterocycles. The lowest BCUT2D eigenvalue weighted by molar-refractivity contribution is -0.0501. The van der Waals surface area contributed by atoms with Gasteiger partial charge < -0.3 is 46.9 Å². The zero-order valence-corrected chi connectivity index (χ0v) is 22.1. The second kappa shape index (κ2) is 12.3. The van der Waals surface area contributed by atoms with Gasteiger partial charge in [-0.15, -0.1) is 0 Å². The lowest BCUT2D eigenvalue weighted by Crippen LogP contribution is -2.33. The van der Waals surface area contributed by atoms with Crippen LogP contribution in [0.15, 0.2) is 54.9 Å². The van der Waals surface area contributed by atoms with Gasteiger partial charge in [-0.05, 0) is 35.2 Å². The Hall–Kier alpha value is -4.50. The highest BCUT2D eigenvalue weighted by Crippen LogP contribution is 2.35. The molecule has 0 saturated carbocycles. The third-order valence-electron chi connectivity index (χ3n) is 6.75. The first kappa shape index (κ1) is 28.0. The Morgan fingerprint density at radius 2 is 1.90 bits per heavy atom. The van der Waals surface area contributed by atoms with E-state index in [9.17, 15) is 15.3 Å². The number of nitrogen functional groups attached to an aromatic ring is 1. The summed E-state index contributed by atoms with van der Waals surface area (Å²) in [6.45, 7) is 0.990. The number of aliphatic hydroxyl groups is 3. The average molecular weight is 564 g/mol. The van der Waals surface area contributed by atoms with Crippen molar-refractivity contribution in [1.82, 2.24) is 24.8 Å². The Morgan fingerprint density at radius 1 is 1.10 bits per heavy atom. The van der Waals surface area contributed by atoms with E-state index in [1.165, 1.54) is 10.9 Å². The monoisotopic (exact) mass is 563 g/mol. The van der Waals surface area contributed by atoms with Crippen LogP contribution in [0.2, 0.25) is 0 Å². The summed E-state index contributed by atoms with van der Waals surface area (Å²) < 4.78 is 13.1. The lowest BCUT2D eigenvalue weighted by Gasteiger charge is -2.19. The molecule has 14 heteroatoms. The molecule has 0 bridgehead atoms. The summed E-state index contributed by atoms with van der Waals surface area (Å²) in [6, 6.07) is 15.8. The molecule has 14 nitrogen and oxygen atoms in total. The number of nitrogens with one attached hydrogen (secondary N) is 3. The van der Waals surface area contributed by atoms with E-state index >= 15 is 0 Å². The average Bonchev–Trinajstić information content (AvgIpc) is 3.49. The number of ether oxygens (including phenoxy) is 2. The molecular weight excluding hydrogens is 530 g/mol. The summed E-state index contributed by atoms with van der Waals surface area (Å²) in [6.07, 6.45) is -2.61. The summed E-state index contributed by atoms with van der Waals surface area (Å²) in [7, 11) is 0. The number of imidazole rings is 1. The second-order valence-electron chi connectivity index (χ2n) is 9.59. The molecule has 216 valence electrons. The third kappa shape index (κ3) is 6.15. The van der Waals surface area contributed by atoms with Crippen molar-refractivity contribution in [2.45, 2.75) is 37.5 Å². The predicted molar refractivity (Wildman–Crippen MR) is 152 cm³/mol. The lowest BCUT2D eigenvalue weighted by atomic mass is 10.0. The second-order valence-corrected chi connectivity index (χ2v) is 9.59. The molecule has 0 radical (unpaired) electrons. The van der Waals surface area contributed by atoms with Gasteiger partial charge in [0.2, 0.25) is 5.95 Å². The highest BCUT2D eigenvalue weighted by molar-refractivity contribution is 5.84. The maximum atomic E-state index is 10.7. The summed E-state index contributed by atoms with van der Waals surface area (Å²) in [5.41, 5.74) is 14.9.